The monoisotopic (exact) mass is 330 g/mol. The molecule has 7 heteroatoms. The van der Waals surface area contributed by atoms with E-state index in [1.165, 1.54) is 0 Å². The number of rotatable bonds is 3. The van der Waals surface area contributed by atoms with Crippen LogP contribution in [-0.2, 0) is 0 Å². The third-order valence-corrected chi connectivity index (χ3v) is 2.88. The SMILES string of the molecule is [2H]c1nc(NC(C)(C)C)[nH]c(=NC2CC([2H])([2H])C(C([2H])([2H])[2H])C([2H])(O)C2([2H])[2H])c1C(N)=O. The molecule has 5 N–H and O–H groups in total. The van der Waals surface area contributed by atoms with E-state index in [2.05, 4.69) is 20.3 Å². The molecule has 0 radical (unpaired) electrons. The highest BCUT2D eigenvalue weighted by molar-refractivity contribution is 5.92. The van der Waals surface area contributed by atoms with Crippen molar-refractivity contribution in [2.45, 2.75) is 64.5 Å². The first-order chi connectivity index (χ1) is 14.1. The first-order valence-corrected chi connectivity index (χ1v) is 7.06. The summed E-state index contributed by atoms with van der Waals surface area (Å²) in [5, 5.41) is 13.5. The topological polar surface area (TPSA) is 116 Å². The molecule has 0 spiro atoms. The smallest absolute Gasteiger partial charge is 0.254 e. The second-order valence-corrected chi connectivity index (χ2v) is 6.18. The van der Waals surface area contributed by atoms with E-state index in [1.54, 1.807) is 20.8 Å². The van der Waals surface area contributed by atoms with Crippen LogP contribution in [0.5, 0.6) is 0 Å². The first-order valence-electron chi connectivity index (χ1n) is 11.6. The van der Waals surface area contributed by atoms with Gasteiger partial charge in [0.25, 0.3) is 5.91 Å². The number of H-pyrrole nitrogens is 1. The number of carbonyl (C=O) groups is 1. The zero-order chi connectivity index (χ0) is 25.1. The molecule has 0 saturated heterocycles. The summed E-state index contributed by atoms with van der Waals surface area (Å²) in [5.74, 6) is -3.47. The largest absolute Gasteiger partial charge is 0.393 e. The number of nitrogens with two attached hydrogens (primary N) is 1. The third-order valence-electron chi connectivity index (χ3n) is 2.88. The van der Waals surface area contributed by atoms with Crippen molar-refractivity contribution in [3.63, 3.8) is 0 Å². The van der Waals surface area contributed by atoms with Crippen molar-refractivity contribution >= 4 is 11.9 Å². The van der Waals surface area contributed by atoms with Crippen LogP contribution in [0.15, 0.2) is 11.2 Å². The summed E-state index contributed by atoms with van der Waals surface area (Å²) in [5.41, 5.74) is 3.88. The second-order valence-electron chi connectivity index (χ2n) is 6.18. The summed E-state index contributed by atoms with van der Waals surface area (Å²) in [4.78, 5) is 22.4. The number of anilines is 1. The summed E-state index contributed by atoms with van der Waals surface area (Å²) in [6, 6.07) is -1.79. The van der Waals surface area contributed by atoms with Crippen LogP contribution in [-0.4, -0.2) is 38.6 Å². The van der Waals surface area contributed by atoms with Crippen molar-refractivity contribution < 1.29 is 22.2 Å². The summed E-state index contributed by atoms with van der Waals surface area (Å²) < 4.78 is 71.5. The second kappa shape index (κ2) is 6.70. The number of hydrogen-bond donors (Lipinski definition) is 4. The molecule has 1 aliphatic carbocycles. The fraction of sp³-hybridized carbons (Fsp3) is 0.688. The van der Waals surface area contributed by atoms with Crippen molar-refractivity contribution in [2.75, 3.05) is 5.32 Å². The van der Waals surface area contributed by atoms with Crippen molar-refractivity contribution in [2.24, 2.45) is 16.6 Å². The van der Waals surface area contributed by atoms with Crippen LogP contribution in [0.3, 0.4) is 0 Å². The van der Waals surface area contributed by atoms with Crippen LogP contribution < -0.4 is 16.5 Å². The van der Waals surface area contributed by atoms with Gasteiger partial charge in [0.1, 0.15) is 5.49 Å². The van der Waals surface area contributed by atoms with Gasteiger partial charge in [-0.3, -0.25) is 9.79 Å². The molecule has 1 aromatic rings. The molecule has 7 nitrogen and oxygen atoms in total. The number of aromatic nitrogens is 2. The van der Waals surface area contributed by atoms with Gasteiger partial charge in [-0.05, 0) is 45.9 Å². The fourth-order valence-corrected chi connectivity index (χ4v) is 1.92. The van der Waals surface area contributed by atoms with E-state index in [9.17, 15) is 9.90 Å². The Labute approximate surface area is 149 Å². The van der Waals surface area contributed by atoms with Crippen LogP contribution in [0.4, 0.5) is 5.95 Å². The fourth-order valence-electron chi connectivity index (χ4n) is 1.92. The van der Waals surface area contributed by atoms with Gasteiger partial charge in [0, 0.05) is 21.3 Å². The van der Waals surface area contributed by atoms with Crippen LogP contribution in [0, 0.1) is 5.92 Å². The maximum Gasteiger partial charge on any atom is 0.254 e. The Morgan fingerprint density at radius 2 is 2.48 bits per heavy atom. The number of nitrogens with one attached hydrogen (secondary N) is 2. The van der Waals surface area contributed by atoms with Crippen molar-refractivity contribution in [3.05, 3.63) is 17.2 Å². The molecule has 1 fully saturated rings. The Morgan fingerprint density at radius 3 is 3.09 bits per heavy atom. The zero-order valence-corrected chi connectivity index (χ0v) is 13.2. The highest BCUT2D eigenvalue weighted by atomic mass is 16.3. The number of hydrogen-bond acceptors (Lipinski definition) is 5. The molecule has 2 rings (SSSR count). The predicted octanol–water partition coefficient (Wildman–Crippen LogP) is 1.17. The quantitative estimate of drug-likeness (QED) is 0.665. The van der Waals surface area contributed by atoms with Crippen molar-refractivity contribution in [1.82, 2.24) is 9.97 Å². The molecular weight excluding hydrogens is 294 g/mol. The Hall–Kier alpha value is -1.89. The normalized spacial score (nSPS) is 40.0. The van der Waals surface area contributed by atoms with Gasteiger partial charge in [0.15, 0.2) is 0 Å². The van der Waals surface area contributed by atoms with E-state index in [0.29, 0.717) is 0 Å². The lowest BCUT2D eigenvalue weighted by atomic mass is 9.85. The van der Waals surface area contributed by atoms with Gasteiger partial charge in [-0.1, -0.05) is 6.85 Å². The van der Waals surface area contributed by atoms with E-state index in [1.807, 2.05) is 0 Å². The molecule has 1 heterocycles. The number of primary amides is 1. The molecular formula is C16H27N5O2. The lowest BCUT2D eigenvalue weighted by molar-refractivity contribution is 0.0704. The van der Waals surface area contributed by atoms with Gasteiger partial charge in [-0.25, -0.2) is 4.98 Å². The van der Waals surface area contributed by atoms with Gasteiger partial charge in [0.2, 0.25) is 5.95 Å². The highest BCUT2D eigenvalue weighted by Gasteiger charge is 2.26. The Morgan fingerprint density at radius 1 is 1.74 bits per heavy atom. The molecule has 3 atom stereocenters. The molecule has 1 saturated carbocycles. The number of amides is 1. The minimum absolute atomic E-state index is 0.00728. The highest BCUT2D eigenvalue weighted by Crippen LogP contribution is 2.25. The van der Waals surface area contributed by atoms with Gasteiger partial charge >= 0.3 is 0 Å². The molecule has 1 amide bonds. The predicted molar refractivity (Wildman–Crippen MR) is 88.9 cm³/mol. The van der Waals surface area contributed by atoms with E-state index >= 15 is 0 Å². The summed E-state index contributed by atoms with van der Waals surface area (Å²) in [6.07, 6.45) is -10.5. The van der Waals surface area contributed by atoms with Crippen LogP contribution in [0.25, 0.3) is 0 Å². The Kier molecular flexibility index (Phi) is 2.57. The van der Waals surface area contributed by atoms with Crippen molar-refractivity contribution in [3.8, 4) is 0 Å². The van der Waals surface area contributed by atoms with Gasteiger partial charge in [0.05, 0.1) is 20.4 Å². The average molecular weight is 330 g/mol. The number of aliphatic hydroxyl groups is 1. The summed E-state index contributed by atoms with van der Waals surface area (Å²) >= 11 is 0. The maximum atomic E-state index is 11.9. The van der Waals surface area contributed by atoms with E-state index in [-0.39, 0.29) is 5.95 Å². The van der Waals surface area contributed by atoms with Gasteiger partial charge < -0.3 is 21.1 Å². The Balaban J connectivity index is 2.75. The third kappa shape index (κ3) is 4.79. The molecule has 3 unspecified atom stereocenters. The van der Waals surface area contributed by atoms with Gasteiger partial charge in [-0.15, -0.1) is 0 Å². The molecule has 0 bridgehead atoms. The maximum absolute atomic E-state index is 11.9. The minimum atomic E-state index is -3.38. The lowest BCUT2D eigenvalue weighted by Crippen LogP contribution is -2.34. The molecule has 1 aliphatic rings. The Bertz CT molecular complexity index is 966. The van der Waals surface area contributed by atoms with Crippen LogP contribution in [0.2, 0.25) is 0 Å². The van der Waals surface area contributed by atoms with E-state index in [0.717, 1.165) is 0 Å². The molecule has 0 aliphatic heterocycles. The molecule has 1 aromatic heterocycles. The van der Waals surface area contributed by atoms with Gasteiger partial charge in [-0.2, -0.15) is 0 Å². The van der Waals surface area contributed by atoms with Crippen LogP contribution in [0.1, 0.15) is 69.5 Å². The number of carbonyl (C=O) groups excluding carboxylic acids is 1. The molecule has 23 heavy (non-hydrogen) atoms. The minimum Gasteiger partial charge on any atom is -0.393 e. The number of aromatic amines is 1. The lowest BCUT2D eigenvalue weighted by Gasteiger charge is -2.28. The molecule has 128 valence electrons. The van der Waals surface area contributed by atoms with Crippen molar-refractivity contribution in [1.29, 1.82) is 0 Å². The zero-order valence-electron chi connectivity index (χ0n) is 22.2. The average Bonchev–Trinajstić information content (AvgIpc) is 2.47. The van der Waals surface area contributed by atoms with E-state index in [4.69, 9.17) is 18.1 Å². The van der Waals surface area contributed by atoms with Crippen LogP contribution >= 0.6 is 0 Å². The standard InChI is InChI=1S/C16H27N5O2/c1-9-5-6-10(7-12(9)22)19-14-11(13(17)23)8-18-15(20-14)21-16(2,3)4/h8-10,12,22H,5-7H2,1-4H3,(H2,17,23)(H2,18,19,20,21)/i1D3,5D2,7D2,8D,12D. The first kappa shape index (κ1) is 8.82. The molecule has 0 aromatic carbocycles. The summed E-state index contributed by atoms with van der Waals surface area (Å²) in [6.45, 7) is 2.19. The summed E-state index contributed by atoms with van der Waals surface area (Å²) in [7, 11) is 0. The van der Waals surface area contributed by atoms with E-state index < -0.39 is 72.7 Å². The number of nitrogens with zero attached hydrogens (tertiary/aromatic N) is 2.